The molecule has 0 fully saturated rings. The molecule has 1 N–H and O–H groups in total. The average Bonchev–Trinajstić information content (AvgIpc) is 2.42. The predicted octanol–water partition coefficient (Wildman–Crippen LogP) is -1.55. The van der Waals surface area contributed by atoms with Gasteiger partial charge in [0, 0.05) is 0 Å². The summed E-state index contributed by atoms with van der Waals surface area (Å²) in [5, 5.41) is 9.71. The van der Waals surface area contributed by atoms with Gasteiger partial charge in [-0.1, -0.05) is 17.7 Å². The third-order valence-corrected chi connectivity index (χ3v) is 5.23. The smallest absolute Gasteiger partial charge is 0.545 e. The second-order valence-electron chi connectivity index (χ2n) is 4.64. The van der Waals surface area contributed by atoms with Crippen molar-refractivity contribution < 1.29 is 52.3 Å². The van der Waals surface area contributed by atoms with Crippen LogP contribution in [0.5, 0.6) is 0 Å². The van der Waals surface area contributed by atoms with Gasteiger partial charge in [0.25, 0.3) is 0 Å². The minimum atomic E-state index is -4.01. The van der Waals surface area contributed by atoms with Crippen LogP contribution in [0.15, 0.2) is 29.8 Å². The number of carboxylic acids is 1. The maximum absolute atomic E-state index is 12.9. The number of hydrogen-bond acceptors (Lipinski definition) is 4. The van der Waals surface area contributed by atoms with Crippen LogP contribution >= 0.6 is 11.6 Å². The minimum Gasteiger partial charge on any atom is -0.545 e. The van der Waals surface area contributed by atoms with Crippen LogP contribution < -0.4 is 39.4 Å². The summed E-state index contributed by atoms with van der Waals surface area (Å²) in [5.74, 6) is -2.11. The molecule has 0 aromatic heterocycles. The number of halogens is 2. The van der Waals surface area contributed by atoms with Gasteiger partial charge in [0.05, 0.1) is 16.7 Å². The van der Waals surface area contributed by atoms with E-state index in [0.717, 1.165) is 12.1 Å². The molecule has 1 aromatic rings. The molecule has 0 bridgehead atoms. The van der Waals surface area contributed by atoms with Crippen LogP contribution in [0.2, 0.25) is 5.02 Å². The molecule has 0 saturated heterocycles. The molecule has 9 heteroatoms. The van der Waals surface area contributed by atoms with E-state index in [4.69, 9.17) is 11.6 Å². The topological polar surface area (TPSA) is 86.3 Å². The Bertz CT molecular complexity index is 708. The predicted molar refractivity (Wildman–Crippen MR) is 74.7 cm³/mol. The van der Waals surface area contributed by atoms with Crippen LogP contribution in [0, 0.1) is 5.82 Å². The van der Waals surface area contributed by atoms with Crippen molar-refractivity contribution in [1.82, 2.24) is 0 Å². The molecule has 0 heterocycles. The van der Waals surface area contributed by atoms with E-state index in [1.54, 1.807) is 0 Å². The van der Waals surface area contributed by atoms with Gasteiger partial charge in [0.15, 0.2) is 0 Å². The molecule has 0 spiro atoms. The Morgan fingerprint density at radius 1 is 1.41 bits per heavy atom. The molecule has 0 amide bonds. The third-order valence-electron chi connectivity index (χ3n) is 3.18. The van der Waals surface area contributed by atoms with E-state index in [-0.39, 0.29) is 52.3 Å². The number of allylic oxidation sites excluding steroid dienone is 1. The molecular formula is C13H12ClFNNaO4S. The molecule has 5 nitrogen and oxygen atoms in total. The van der Waals surface area contributed by atoms with Crippen molar-refractivity contribution in [1.29, 1.82) is 0 Å². The van der Waals surface area contributed by atoms with Gasteiger partial charge in [-0.3, -0.25) is 4.72 Å². The van der Waals surface area contributed by atoms with Crippen LogP contribution in [0.25, 0.3) is 0 Å². The first-order valence-electron chi connectivity index (χ1n) is 6.19. The zero-order chi connectivity index (χ0) is 15.6. The Morgan fingerprint density at radius 2 is 2.09 bits per heavy atom. The summed E-state index contributed by atoms with van der Waals surface area (Å²) in [6, 6.07) is 3.20. The molecule has 2 rings (SSSR count). The zero-order valence-corrected chi connectivity index (χ0v) is 15.4. The average molecular weight is 356 g/mol. The fourth-order valence-corrected chi connectivity index (χ4v) is 4.08. The van der Waals surface area contributed by atoms with Gasteiger partial charge >= 0.3 is 29.6 Å². The quantitative estimate of drug-likeness (QED) is 0.663. The van der Waals surface area contributed by atoms with E-state index >= 15 is 0 Å². The van der Waals surface area contributed by atoms with Crippen molar-refractivity contribution in [2.24, 2.45) is 0 Å². The number of carboxylic acid groups (broad SMARTS) is 1. The van der Waals surface area contributed by atoms with Gasteiger partial charge in [-0.25, -0.2) is 12.8 Å². The van der Waals surface area contributed by atoms with Crippen molar-refractivity contribution in [3.05, 3.63) is 40.7 Å². The Labute approximate surface area is 154 Å². The van der Waals surface area contributed by atoms with E-state index in [1.165, 1.54) is 12.1 Å². The Balaban J connectivity index is 0.00000242. The number of benzene rings is 1. The Hall–Kier alpha value is -0.600. The second kappa shape index (κ2) is 7.79. The zero-order valence-electron chi connectivity index (χ0n) is 11.8. The summed E-state index contributed by atoms with van der Waals surface area (Å²) in [4.78, 5) is 11.0. The van der Waals surface area contributed by atoms with Crippen LogP contribution in [-0.4, -0.2) is 19.6 Å². The van der Waals surface area contributed by atoms with E-state index in [2.05, 4.69) is 4.72 Å². The SMILES string of the molecule is O=C([O-])C1=CCCCC1S(=O)(=O)Nc1ccc(F)cc1Cl.[Na+]. The van der Waals surface area contributed by atoms with Crippen molar-refractivity contribution in [3.8, 4) is 0 Å². The number of hydrogen-bond donors (Lipinski definition) is 1. The number of aliphatic carboxylic acids is 1. The maximum Gasteiger partial charge on any atom is 1.00 e. The van der Waals surface area contributed by atoms with Crippen molar-refractivity contribution >= 4 is 33.3 Å². The summed E-state index contributed by atoms with van der Waals surface area (Å²) in [6.07, 6.45) is 2.58. The number of carbonyl (C=O) groups excluding carboxylic acids is 1. The first kappa shape index (κ1) is 19.4. The van der Waals surface area contributed by atoms with Crippen LogP contribution in [0.1, 0.15) is 19.3 Å². The number of rotatable bonds is 4. The monoisotopic (exact) mass is 355 g/mol. The third kappa shape index (κ3) is 4.45. The molecule has 1 aliphatic rings. The molecule has 114 valence electrons. The van der Waals surface area contributed by atoms with Gasteiger partial charge in [-0.2, -0.15) is 0 Å². The van der Waals surface area contributed by atoms with Gasteiger partial charge in [-0.05, 0) is 43.0 Å². The first-order valence-corrected chi connectivity index (χ1v) is 8.12. The fourth-order valence-electron chi connectivity index (χ4n) is 2.18. The minimum absolute atomic E-state index is 0. The van der Waals surface area contributed by atoms with E-state index in [9.17, 15) is 22.7 Å². The van der Waals surface area contributed by atoms with Crippen molar-refractivity contribution in [2.45, 2.75) is 24.5 Å². The molecule has 1 atom stereocenters. The molecule has 22 heavy (non-hydrogen) atoms. The molecule has 0 aliphatic heterocycles. The van der Waals surface area contributed by atoms with Gasteiger partial charge in [0.1, 0.15) is 11.1 Å². The van der Waals surface area contributed by atoms with E-state index in [0.29, 0.717) is 12.8 Å². The van der Waals surface area contributed by atoms with Gasteiger partial charge in [0.2, 0.25) is 10.0 Å². The van der Waals surface area contributed by atoms with E-state index in [1.807, 2.05) is 0 Å². The summed E-state index contributed by atoms with van der Waals surface area (Å²) < 4.78 is 39.8. The number of anilines is 1. The number of sulfonamides is 1. The fraction of sp³-hybridized carbons (Fsp3) is 0.308. The van der Waals surface area contributed by atoms with Gasteiger partial charge < -0.3 is 9.90 Å². The summed E-state index contributed by atoms with van der Waals surface area (Å²) in [6.45, 7) is 0. The molecule has 1 aromatic carbocycles. The Morgan fingerprint density at radius 3 is 2.68 bits per heavy atom. The molecule has 1 aliphatic carbocycles. The summed E-state index contributed by atoms with van der Waals surface area (Å²) in [7, 11) is -4.01. The second-order valence-corrected chi connectivity index (χ2v) is 6.91. The van der Waals surface area contributed by atoms with Crippen LogP contribution in [-0.2, 0) is 14.8 Å². The standard InChI is InChI=1S/C13H13ClFNO4S.Na/c14-10-7-8(15)5-6-11(10)16-21(19,20)12-4-2-1-3-9(12)13(17)18;/h3,5-7,12,16H,1-2,4H2,(H,17,18);/q;+1/p-1. The first-order chi connectivity index (χ1) is 9.81. The maximum atomic E-state index is 12.9. The van der Waals surface area contributed by atoms with Crippen LogP contribution in [0.3, 0.4) is 0 Å². The molecular weight excluding hydrogens is 344 g/mol. The normalized spacial score (nSPS) is 18.1. The molecule has 0 radical (unpaired) electrons. The summed E-state index contributed by atoms with van der Waals surface area (Å²) >= 11 is 5.76. The van der Waals surface area contributed by atoms with Crippen molar-refractivity contribution in [3.63, 3.8) is 0 Å². The van der Waals surface area contributed by atoms with Crippen molar-refractivity contribution in [2.75, 3.05) is 4.72 Å². The largest absolute Gasteiger partial charge is 1.00 e. The molecule has 1 unspecified atom stereocenters. The molecule has 0 saturated carbocycles. The van der Waals surface area contributed by atoms with Gasteiger partial charge in [-0.15, -0.1) is 0 Å². The number of carbonyl (C=O) groups is 1. The van der Waals surface area contributed by atoms with Crippen LogP contribution in [0.4, 0.5) is 10.1 Å². The summed E-state index contributed by atoms with van der Waals surface area (Å²) in [5.41, 5.74) is -0.256. The number of nitrogens with one attached hydrogen (secondary N) is 1. The Kier molecular flexibility index (Phi) is 6.88. The van der Waals surface area contributed by atoms with E-state index < -0.39 is 27.1 Å².